The lowest BCUT2D eigenvalue weighted by molar-refractivity contribution is 0.414. The van der Waals surface area contributed by atoms with Crippen LogP contribution in [0.4, 0.5) is 0 Å². The third-order valence-corrected chi connectivity index (χ3v) is 6.59. The van der Waals surface area contributed by atoms with Crippen molar-refractivity contribution in [3.05, 3.63) is 94.5 Å². The zero-order chi connectivity index (χ0) is 23.7. The molecular weight excluding hydrogens is 446 g/mol. The fraction of sp³-hybridized carbons (Fsp3) is 0.154. The molecule has 0 aliphatic heterocycles. The van der Waals surface area contributed by atoms with Gasteiger partial charge in [-0.2, -0.15) is 0 Å². The number of methoxy groups -OCH3 is 1. The van der Waals surface area contributed by atoms with Gasteiger partial charge in [0.05, 0.1) is 23.3 Å². The maximum atomic E-state index is 12.6. The van der Waals surface area contributed by atoms with Crippen molar-refractivity contribution in [1.29, 1.82) is 0 Å². The van der Waals surface area contributed by atoms with E-state index in [0.717, 1.165) is 28.4 Å². The van der Waals surface area contributed by atoms with Crippen LogP contribution in [0.25, 0.3) is 28.0 Å². The standard InChI is InChI=1S/C26H23N5O2S/c1-16-7-6-8-18(15-16)24-29-30-26(31(24)19-11-13-20(33-3)14-12-19)34-17(2)23-27-22-10-5-4-9-21(22)25(32)28-23/h4-15,17H,1-3H3,(H,27,28,32). The molecule has 34 heavy (non-hydrogen) atoms. The molecule has 170 valence electrons. The number of thioether (sulfide) groups is 1. The predicted molar refractivity (Wildman–Crippen MR) is 135 cm³/mol. The van der Waals surface area contributed by atoms with Crippen molar-refractivity contribution < 1.29 is 4.74 Å². The first-order valence-corrected chi connectivity index (χ1v) is 11.7. The molecular formula is C26H23N5O2S. The van der Waals surface area contributed by atoms with Crippen LogP contribution in [0.2, 0.25) is 0 Å². The summed E-state index contributed by atoms with van der Waals surface area (Å²) in [5, 5.41) is 10.2. The zero-order valence-electron chi connectivity index (χ0n) is 19.0. The van der Waals surface area contributed by atoms with E-state index in [9.17, 15) is 4.79 Å². The molecule has 8 heteroatoms. The van der Waals surface area contributed by atoms with E-state index in [-0.39, 0.29) is 10.8 Å². The third-order valence-electron chi connectivity index (χ3n) is 5.54. The third kappa shape index (κ3) is 4.20. The fourth-order valence-electron chi connectivity index (χ4n) is 3.79. The lowest BCUT2D eigenvalue weighted by Crippen LogP contribution is -2.13. The van der Waals surface area contributed by atoms with E-state index in [0.29, 0.717) is 21.9 Å². The first-order valence-electron chi connectivity index (χ1n) is 10.9. The van der Waals surface area contributed by atoms with Crippen LogP contribution in [0.15, 0.2) is 82.7 Å². The maximum Gasteiger partial charge on any atom is 0.258 e. The van der Waals surface area contributed by atoms with Gasteiger partial charge in [0.25, 0.3) is 5.56 Å². The van der Waals surface area contributed by atoms with E-state index >= 15 is 0 Å². The highest BCUT2D eigenvalue weighted by Gasteiger charge is 2.21. The largest absolute Gasteiger partial charge is 0.497 e. The van der Waals surface area contributed by atoms with Gasteiger partial charge in [-0.05, 0) is 56.3 Å². The molecule has 1 N–H and O–H groups in total. The zero-order valence-corrected chi connectivity index (χ0v) is 19.8. The smallest absolute Gasteiger partial charge is 0.258 e. The molecule has 0 spiro atoms. The molecule has 2 heterocycles. The van der Waals surface area contributed by atoms with Crippen molar-refractivity contribution in [2.45, 2.75) is 24.3 Å². The number of para-hydroxylation sites is 1. The summed E-state index contributed by atoms with van der Waals surface area (Å²) < 4.78 is 7.35. The van der Waals surface area contributed by atoms with Gasteiger partial charge in [0.2, 0.25) is 0 Å². The summed E-state index contributed by atoms with van der Waals surface area (Å²) in [4.78, 5) is 20.2. The lowest BCUT2D eigenvalue weighted by atomic mass is 10.1. The van der Waals surface area contributed by atoms with Crippen molar-refractivity contribution in [2.24, 2.45) is 0 Å². The summed E-state index contributed by atoms with van der Waals surface area (Å²) in [6.07, 6.45) is 0. The van der Waals surface area contributed by atoms with Gasteiger partial charge in [0.15, 0.2) is 11.0 Å². The van der Waals surface area contributed by atoms with Gasteiger partial charge in [-0.15, -0.1) is 10.2 Å². The number of nitrogens with one attached hydrogen (secondary N) is 1. The van der Waals surface area contributed by atoms with Crippen molar-refractivity contribution >= 4 is 22.7 Å². The number of aromatic amines is 1. The molecule has 7 nitrogen and oxygen atoms in total. The molecule has 3 aromatic carbocycles. The first-order chi connectivity index (χ1) is 16.5. The van der Waals surface area contributed by atoms with Crippen molar-refractivity contribution in [1.82, 2.24) is 24.7 Å². The highest BCUT2D eigenvalue weighted by atomic mass is 32.2. The SMILES string of the molecule is COc1ccc(-n2c(SC(C)c3nc4ccccc4c(=O)[nH]3)nnc2-c2cccc(C)c2)cc1. The molecule has 0 aliphatic rings. The maximum absolute atomic E-state index is 12.6. The van der Waals surface area contributed by atoms with Crippen molar-refractivity contribution in [3.63, 3.8) is 0 Å². The van der Waals surface area contributed by atoms with Crippen LogP contribution in [-0.4, -0.2) is 31.8 Å². The monoisotopic (exact) mass is 469 g/mol. The Hall–Kier alpha value is -3.91. The number of aryl methyl sites for hydroxylation is 1. The predicted octanol–water partition coefficient (Wildman–Crippen LogP) is 5.34. The fourth-order valence-corrected chi connectivity index (χ4v) is 4.72. The number of aromatic nitrogens is 5. The van der Waals surface area contributed by atoms with E-state index in [1.165, 1.54) is 11.8 Å². The molecule has 0 saturated carbocycles. The molecule has 0 bridgehead atoms. The van der Waals surface area contributed by atoms with E-state index < -0.39 is 0 Å². The molecule has 1 unspecified atom stereocenters. The van der Waals surface area contributed by atoms with Gasteiger partial charge in [-0.1, -0.05) is 47.7 Å². The lowest BCUT2D eigenvalue weighted by Gasteiger charge is -2.14. The number of ether oxygens (including phenoxy) is 1. The number of fused-ring (bicyclic) bond motifs is 1. The second-order valence-corrected chi connectivity index (χ2v) is 9.25. The van der Waals surface area contributed by atoms with Crippen molar-refractivity contribution in [3.8, 4) is 22.8 Å². The summed E-state index contributed by atoms with van der Waals surface area (Å²) in [5.74, 6) is 2.10. The van der Waals surface area contributed by atoms with E-state index in [2.05, 4.69) is 39.2 Å². The number of hydrogen-bond acceptors (Lipinski definition) is 6. The van der Waals surface area contributed by atoms with Crippen LogP contribution in [0.3, 0.4) is 0 Å². The topological polar surface area (TPSA) is 85.7 Å². The number of nitrogens with zero attached hydrogens (tertiary/aromatic N) is 4. The molecule has 0 radical (unpaired) electrons. The van der Waals surface area contributed by atoms with Gasteiger partial charge in [-0.3, -0.25) is 9.36 Å². The Bertz CT molecular complexity index is 1520. The van der Waals surface area contributed by atoms with E-state index in [1.807, 2.05) is 66.1 Å². The summed E-state index contributed by atoms with van der Waals surface area (Å²) in [6.45, 7) is 4.05. The minimum atomic E-state index is -0.163. The quantitative estimate of drug-likeness (QED) is 0.338. The molecule has 5 aromatic rings. The first kappa shape index (κ1) is 21.9. The highest BCUT2D eigenvalue weighted by Crippen LogP contribution is 2.36. The Morgan fingerprint density at radius 1 is 1.00 bits per heavy atom. The van der Waals surface area contributed by atoms with Crippen molar-refractivity contribution in [2.75, 3.05) is 7.11 Å². The van der Waals surface area contributed by atoms with Crippen LogP contribution >= 0.6 is 11.8 Å². The number of hydrogen-bond donors (Lipinski definition) is 1. The number of rotatable bonds is 6. The highest BCUT2D eigenvalue weighted by molar-refractivity contribution is 7.99. The molecule has 1 atom stereocenters. The Morgan fingerprint density at radius 3 is 2.56 bits per heavy atom. The van der Waals surface area contributed by atoms with Crippen LogP contribution in [-0.2, 0) is 0 Å². The normalized spacial score (nSPS) is 12.1. The molecule has 2 aromatic heterocycles. The van der Waals surface area contributed by atoms with Crippen LogP contribution in [0, 0.1) is 6.92 Å². The van der Waals surface area contributed by atoms with Crippen LogP contribution in [0.5, 0.6) is 5.75 Å². The Morgan fingerprint density at radius 2 is 1.79 bits per heavy atom. The molecule has 0 amide bonds. The van der Waals surface area contributed by atoms with E-state index in [1.54, 1.807) is 13.2 Å². The number of benzene rings is 3. The van der Waals surface area contributed by atoms with Gasteiger partial charge in [0.1, 0.15) is 11.6 Å². The summed E-state index contributed by atoms with van der Waals surface area (Å²) in [6, 6.07) is 23.3. The average molecular weight is 470 g/mol. The average Bonchev–Trinajstić information content (AvgIpc) is 3.27. The molecule has 0 aliphatic carbocycles. The Labute approximate surface area is 200 Å². The van der Waals surface area contributed by atoms with E-state index in [4.69, 9.17) is 4.74 Å². The summed E-state index contributed by atoms with van der Waals surface area (Å²) >= 11 is 1.49. The Kier molecular flexibility index (Phi) is 5.90. The minimum Gasteiger partial charge on any atom is -0.497 e. The molecule has 0 fully saturated rings. The van der Waals surface area contributed by atoms with Gasteiger partial charge in [0, 0.05) is 11.3 Å². The van der Waals surface area contributed by atoms with Crippen LogP contribution < -0.4 is 10.3 Å². The van der Waals surface area contributed by atoms with Crippen LogP contribution in [0.1, 0.15) is 23.6 Å². The summed E-state index contributed by atoms with van der Waals surface area (Å²) in [5.41, 5.74) is 3.55. The van der Waals surface area contributed by atoms with Gasteiger partial charge >= 0.3 is 0 Å². The second-order valence-electron chi connectivity index (χ2n) is 7.94. The molecule has 0 saturated heterocycles. The van der Waals surface area contributed by atoms with Gasteiger partial charge < -0.3 is 9.72 Å². The second kappa shape index (κ2) is 9.15. The molecule has 5 rings (SSSR count). The number of H-pyrrole nitrogens is 1. The van der Waals surface area contributed by atoms with Gasteiger partial charge in [-0.25, -0.2) is 4.98 Å². The summed E-state index contributed by atoms with van der Waals surface area (Å²) in [7, 11) is 1.65. The Balaban J connectivity index is 1.58. The minimum absolute atomic E-state index is 0.148.